The Morgan fingerprint density at radius 2 is 1.84 bits per heavy atom. The molecular weight excluding hydrogens is 392 g/mol. The lowest BCUT2D eigenvalue weighted by Gasteiger charge is -2.26. The monoisotopic (exact) mass is 414 g/mol. The van der Waals surface area contributed by atoms with Gasteiger partial charge in [-0.05, 0) is 42.8 Å². The number of aromatic amines is 1. The van der Waals surface area contributed by atoms with Crippen molar-refractivity contribution in [2.24, 2.45) is 5.73 Å². The zero-order chi connectivity index (χ0) is 21.5. The number of aryl methyl sites for hydroxylation is 1. The predicted octanol–water partition coefficient (Wildman–Crippen LogP) is 3.26. The Labute approximate surface area is 178 Å². The second-order valence-electron chi connectivity index (χ2n) is 7.79. The van der Waals surface area contributed by atoms with Crippen molar-refractivity contribution >= 4 is 33.6 Å². The van der Waals surface area contributed by atoms with E-state index in [1.807, 2.05) is 43.3 Å². The molecule has 0 unspecified atom stereocenters. The van der Waals surface area contributed by atoms with E-state index in [2.05, 4.69) is 9.97 Å². The van der Waals surface area contributed by atoms with Crippen molar-refractivity contribution in [1.29, 1.82) is 0 Å². The van der Waals surface area contributed by atoms with Gasteiger partial charge in [0, 0.05) is 52.4 Å². The molecule has 31 heavy (non-hydrogen) atoms. The van der Waals surface area contributed by atoms with Gasteiger partial charge in [0.15, 0.2) is 0 Å². The van der Waals surface area contributed by atoms with Crippen molar-refractivity contribution in [2.45, 2.75) is 6.92 Å². The maximum Gasteiger partial charge on any atom is 0.254 e. The van der Waals surface area contributed by atoms with Gasteiger partial charge in [0.2, 0.25) is 0 Å². The first-order valence-corrected chi connectivity index (χ1v) is 10.2. The van der Waals surface area contributed by atoms with E-state index in [4.69, 9.17) is 10.5 Å². The zero-order valence-corrected chi connectivity index (χ0v) is 17.1. The van der Waals surface area contributed by atoms with E-state index >= 15 is 0 Å². The molecule has 3 N–H and O–H groups in total. The van der Waals surface area contributed by atoms with E-state index in [9.17, 15) is 9.59 Å². The highest BCUT2D eigenvalue weighted by atomic mass is 16.5. The summed E-state index contributed by atoms with van der Waals surface area (Å²) >= 11 is 0. The first kappa shape index (κ1) is 19.3. The van der Waals surface area contributed by atoms with Crippen LogP contribution in [-0.4, -0.2) is 53.0 Å². The van der Waals surface area contributed by atoms with Gasteiger partial charge in [-0.1, -0.05) is 12.1 Å². The third kappa shape index (κ3) is 3.43. The molecule has 2 amide bonds. The molecule has 0 spiro atoms. The van der Waals surface area contributed by atoms with Crippen LogP contribution in [0, 0.1) is 6.92 Å². The molecule has 5 rings (SSSR count). The van der Waals surface area contributed by atoms with Crippen LogP contribution in [0.25, 0.3) is 32.9 Å². The van der Waals surface area contributed by atoms with Crippen molar-refractivity contribution in [3.05, 3.63) is 65.5 Å². The minimum atomic E-state index is -0.511. The average Bonchev–Trinajstić information content (AvgIpc) is 3.16. The third-order valence-electron chi connectivity index (χ3n) is 5.76. The normalized spacial score (nSPS) is 14.3. The average molecular weight is 414 g/mol. The van der Waals surface area contributed by atoms with Gasteiger partial charge in [-0.25, -0.2) is 0 Å². The molecule has 1 aliphatic heterocycles. The van der Waals surface area contributed by atoms with Crippen molar-refractivity contribution < 1.29 is 14.3 Å². The number of carbonyl (C=O) groups is 2. The smallest absolute Gasteiger partial charge is 0.254 e. The SMILES string of the molecule is Cc1ccc(-c2cc(C(N)=O)c3[nH]c4cc(C(=O)N5CCOCC5)ccc4c3c2)cn1. The molecule has 7 heteroatoms. The number of nitrogens with zero attached hydrogens (tertiary/aromatic N) is 2. The van der Waals surface area contributed by atoms with Gasteiger partial charge in [-0.3, -0.25) is 14.6 Å². The summed E-state index contributed by atoms with van der Waals surface area (Å²) in [5.41, 5.74) is 10.9. The molecule has 7 nitrogen and oxygen atoms in total. The lowest BCUT2D eigenvalue weighted by atomic mass is 9.99. The standard InChI is InChI=1S/C24H22N4O3/c1-14-2-3-16(13-26-14)17-10-19-18-5-4-15(24(30)28-6-8-31-9-7-28)12-21(18)27-22(19)20(11-17)23(25)29/h2-5,10-13,27H,6-9H2,1H3,(H2,25,29). The second kappa shape index (κ2) is 7.52. The summed E-state index contributed by atoms with van der Waals surface area (Å²) in [6, 6.07) is 13.3. The topological polar surface area (TPSA) is 101 Å². The number of rotatable bonds is 3. The van der Waals surface area contributed by atoms with Crippen LogP contribution < -0.4 is 5.73 Å². The quantitative estimate of drug-likeness (QED) is 0.537. The number of primary amides is 1. The Hall–Kier alpha value is -3.71. The van der Waals surface area contributed by atoms with Crippen LogP contribution in [0.5, 0.6) is 0 Å². The largest absolute Gasteiger partial charge is 0.378 e. The fraction of sp³-hybridized carbons (Fsp3) is 0.208. The third-order valence-corrected chi connectivity index (χ3v) is 5.76. The number of ether oxygens (including phenoxy) is 1. The molecule has 2 aromatic heterocycles. The van der Waals surface area contributed by atoms with E-state index in [0.29, 0.717) is 42.9 Å². The Kier molecular flexibility index (Phi) is 4.67. The van der Waals surface area contributed by atoms with E-state index in [1.165, 1.54) is 0 Å². The molecule has 1 aliphatic rings. The molecule has 1 fully saturated rings. The molecule has 0 saturated carbocycles. The van der Waals surface area contributed by atoms with Crippen LogP contribution in [0.15, 0.2) is 48.7 Å². The van der Waals surface area contributed by atoms with Gasteiger partial charge in [0.1, 0.15) is 0 Å². The molecule has 3 heterocycles. The van der Waals surface area contributed by atoms with Crippen molar-refractivity contribution in [2.75, 3.05) is 26.3 Å². The number of nitrogens with two attached hydrogens (primary N) is 1. The number of hydrogen-bond donors (Lipinski definition) is 2. The van der Waals surface area contributed by atoms with E-state index in [0.717, 1.165) is 33.1 Å². The number of morpholine rings is 1. The number of pyridine rings is 1. The summed E-state index contributed by atoms with van der Waals surface area (Å²) < 4.78 is 5.34. The second-order valence-corrected chi connectivity index (χ2v) is 7.79. The number of benzene rings is 2. The fourth-order valence-corrected chi connectivity index (χ4v) is 4.09. The first-order valence-electron chi connectivity index (χ1n) is 10.2. The van der Waals surface area contributed by atoms with Crippen LogP contribution in [0.3, 0.4) is 0 Å². The van der Waals surface area contributed by atoms with Gasteiger partial charge >= 0.3 is 0 Å². The summed E-state index contributed by atoms with van der Waals surface area (Å²) in [4.78, 5) is 34.6. The van der Waals surface area contributed by atoms with Crippen molar-refractivity contribution in [3.63, 3.8) is 0 Å². The first-order chi connectivity index (χ1) is 15.0. The molecule has 156 valence electrons. The Morgan fingerprint density at radius 1 is 1.03 bits per heavy atom. The zero-order valence-electron chi connectivity index (χ0n) is 17.1. The lowest BCUT2D eigenvalue weighted by Crippen LogP contribution is -2.40. The fourth-order valence-electron chi connectivity index (χ4n) is 4.09. The number of aromatic nitrogens is 2. The number of hydrogen-bond acceptors (Lipinski definition) is 4. The molecule has 0 atom stereocenters. The van der Waals surface area contributed by atoms with Crippen molar-refractivity contribution in [1.82, 2.24) is 14.9 Å². The van der Waals surface area contributed by atoms with E-state index in [-0.39, 0.29) is 5.91 Å². The summed E-state index contributed by atoms with van der Waals surface area (Å²) in [6.07, 6.45) is 1.79. The minimum Gasteiger partial charge on any atom is -0.378 e. The molecular formula is C24H22N4O3. The summed E-state index contributed by atoms with van der Waals surface area (Å²) in [5.74, 6) is -0.534. The van der Waals surface area contributed by atoms with E-state index in [1.54, 1.807) is 17.2 Å². The predicted molar refractivity (Wildman–Crippen MR) is 119 cm³/mol. The number of carbonyl (C=O) groups excluding carboxylic acids is 2. The highest BCUT2D eigenvalue weighted by Crippen LogP contribution is 2.33. The summed E-state index contributed by atoms with van der Waals surface area (Å²) in [7, 11) is 0. The maximum atomic E-state index is 12.9. The van der Waals surface area contributed by atoms with Gasteiger partial charge in [0.05, 0.1) is 24.3 Å². The maximum absolute atomic E-state index is 12.9. The van der Waals surface area contributed by atoms with Crippen LogP contribution in [0.4, 0.5) is 0 Å². The Morgan fingerprint density at radius 3 is 2.55 bits per heavy atom. The number of nitrogens with one attached hydrogen (secondary N) is 1. The van der Waals surface area contributed by atoms with Gasteiger partial charge in [0.25, 0.3) is 11.8 Å². The number of fused-ring (bicyclic) bond motifs is 3. The lowest BCUT2D eigenvalue weighted by molar-refractivity contribution is 0.0303. The summed E-state index contributed by atoms with van der Waals surface area (Å²) in [6.45, 7) is 4.21. The van der Waals surface area contributed by atoms with E-state index < -0.39 is 5.91 Å². The number of amides is 2. The highest BCUT2D eigenvalue weighted by molar-refractivity contribution is 6.17. The van der Waals surface area contributed by atoms with Crippen LogP contribution in [0.2, 0.25) is 0 Å². The number of H-pyrrole nitrogens is 1. The van der Waals surface area contributed by atoms with Gasteiger partial charge in [-0.2, -0.15) is 0 Å². The molecule has 1 saturated heterocycles. The Bertz CT molecular complexity index is 1320. The molecule has 2 aromatic carbocycles. The van der Waals surface area contributed by atoms with Gasteiger partial charge < -0.3 is 20.4 Å². The molecule has 0 bridgehead atoms. The van der Waals surface area contributed by atoms with Crippen molar-refractivity contribution in [3.8, 4) is 11.1 Å². The van der Waals surface area contributed by atoms with Crippen LogP contribution >= 0.6 is 0 Å². The molecule has 0 radical (unpaired) electrons. The summed E-state index contributed by atoms with van der Waals surface area (Å²) in [5, 5.41) is 1.81. The van der Waals surface area contributed by atoms with Gasteiger partial charge in [-0.15, -0.1) is 0 Å². The molecule has 4 aromatic rings. The van der Waals surface area contributed by atoms with Crippen LogP contribution in [-0.2, 0) is 4.74 Å². The molecule has 0 aliphatic carbocycles. The minimum absolute atomic E-state index is 0.0228. The highest BCUT2D eigenvalue weighted by Gasteiger charge is 2.20. The van der Waals surface area contributed by atoms with Crippen LogP contribution in [0.1, 0.15) is 26.4 Å². The Balaban J connectivity index is 1.64.